The second-order valence-corrected chi connectivity index (χ2v) is 11.6. The molecule has 1 aromatic heterocycles. The Morgan fingerprint density at radius 1 is 0.846 bits per heavy atom. The molecule has 0 bridgehead atoms. The molecule has 3 aromatic rings. The topological polar surface area (TPSA) is 66.2 Å². The fourth-order valence-electron chi connectivity index (χ4n) is 7.04. The molecule has 2 aromatic carbocycles. The van der Waals surface area contributed by atoms with E-state index in [9.17, 15) is 10.2 Å². The molecule has 0 saturated carbocycles. The summed E-state index contributed by atoms with van der Waals surface area (Å²) in [5.41, 5.74) is 10.4. The third-order valence-electron chi connectivity index (χ3n) is 9.01. The summed E-state index contributed by atoms with van der Waals surface area (Å²) in [6.45, 7) is 4.73. The van der Waals surface area contributed by atoms with Crippen molar-refractivity contribution in [2.45, 2.75) is 50.9 Å². The number of nitrogens with zero attached hydrogens (tertiary/aromatic N) is 2. The number of hydrogen-bond acceptors (Lipinski definition) is 4. The summed E-state index contributed by atoms with van der Waals surface area (Å²) < 4.78 is 0. The van der Waals surface area contributed by atoms with Gasteiger partial charge in [0.1, 0.15) is 5.76 Å². The first kappa shape index (κ1) is 23.9. The Morgan fingerprint density at radius 2 is 1.64 bits per heavy atom. The van der Waals surface area contributed by atoms with Gasteiger partial charge in [0.15, 0.2) is 5.82 Å². The summed E-state index contributed by atoms with van der Waals surface area (Å²) >= 11 is 0. The van der Waals surface area contributed by atoms with Crippen molar-refractivity contribution >= 4 is 11.1 Å². The lowest BCUT2D eigenvalue weighted by molar-refractivity contribution is 0.382. The van der Waals surface area contributed by atoms with Crippen LogP contribution in [-0.2, 0) is 5.41 Å². The van der Waals surface area contributed by atoms with E-state index in [1.807, 2.05) is 6.08 Å². The van der Waals surface area contributed by atoms with Crippen molar-refractivity contribution < 1.29 is 10.2 Å². The summed E-state index contributed by atoms with van der Waals surface area (Å²) in [7, 11) is 0. The van der Waals surface area contributed by atoms with Gasteiger partial charge in [0, 0.05) is 23.1 Å². The Balaban J connectivity index is 1.38. The first-order valence-electron chi connectivity index (χ1n) is 13.9. The van der Waals surface area contributed by atoms with Crippen molar-refractivity contribution in [3.63, 3.8) is 0 Å². The number of allylic oxidation sites excluding steroid dienone is 9. The van der Waals surface area contributed by atoms with Gasteiger partial charge in [0.25, 0.3) is 0 Å². The Labute approximate surface area is 229 Å². The molecule has 0 spiro atoms. The minimum atomic E-state index is -0.0808. The Bertz CT molecular complexity index is 1650. The van der Waals surface area contributed by atoms with Gasteiger partial charge in [-0.2, -0.15) is 4.98 Å². The Hall–Kier alpha value is -4.18. The molecule has 2 atom stereocenters. The van der Waals surface area contributed by atoms with E-state index >= 15 is 0 Å². The number of benzene rings is 2. The van der Waals surface area contributed by atoms with Gasteiger partial charge in [0.05, 0.1) is 5.69 Å². The number of rotatable bonds is 3. The quantitative estimate of drug-likeness (QED) is 0.371. The summed E-state index contributed by atoms with van der Waals surface area (Å²) in [6.07, 6.45) is 14.0. The van der Waals surface area contributed by atoms with Crippen LogP contribution < -0.4 is 0 Å². The Morgan fingerprint density at radius 3 is 2.46 bits per heavy atom. The van der Waals surface area contributed by atoms with E-state index in [0.717, 1.165) is 24.8 Å². The monoisotopic (exact) mass is 512 g/mol. The van der Waals surface area contributed by atoms with Gasteiger partial charge >= 0.3 is 0 Å². The maximum absolute atomic E-state index is 10.7. The zero-order valence-electron chi connectivity index (χ0n) is 22.4. The third kappa shape index (κ3) is 3.81. The third-order valence-corrected chi connectivity index (χ3v) is 9.01. The fraction of sp³-hybridized carbons (Fsp3) is 0.257. The molecule has 7 rings (SSSR count). The number of aromatic hydroxyl groups is 1. The lowest BCUT2D eigenvalue weighted by atomic mass is 9.67. The number of hydrogen-bond donors (Lipinski definition) is 2. The number of aliphatic hydroxyl groups is 1. The first-order valence-corrected chi connectivity index (χ1v) is 13.9. The molecule has 0 aliphatic heterocycles. The van der Waals surface area contributed by atoms with E-state index in [0.29, 0.717) is 29.4 Å². The molecule has 4 nitrogen and oxygen atoms in total. The highest BCUT2D eigenvalue weighted by Gasteiger charge is 2.49. The maximum Gasteiger partial charge on any atom is 0.214 e. The van der Waals surface area contributed by atoms with Gasteiger partial charge in [-0.1, -0.05) is 92.3 Å². The van der Waals surface area contributed by atoms with Gasteiger partial charge in [-0.05, 0) is 70.9 Å². The van der Waals surface area contributed by atoms with Crippen LogP contribution in [0.25, 0.3) is 22.3 Å². The second-order valence-electron chi connectivity index (χ2n) is 11.6. The van der Waals surface area contributed by atoms with Crippen LogP contribution in [0.15, 0.2) is 102 Å². The van der Waals surface area contributed by atoms with Crippen LogP contribution in [0.5, 0.6) is 5.88 Å². The van der Waals surface area contributed by atoms with Crippen LogP contribution in [0.1, 0.15) is 68.1 Å². The molecule has 2 N–H and O–H groups in total. The van der Waals surface area contributed by atoms with Gasteiger partial charge in [-0.25, -0.2) is 4.98 Å². The molecule has 0 fully saturated rings. The van der Waals surface area contributed by atoms with Crippen LogP contribution in [0.2, 0.25) is 0 Å². The van der Waals surface area contributed by atoms with E-state index < -0.39 is 0 Å². The van der Waals surface area contributed by atoms with Gasteiger partial charge in [-0.3, -0.25) is 0 Å². The van der Waals surface area contributed by atoms with Crippen LogP contribution in [0.4, 0.5) is 0 Å². The number of fused-ring (bicyclic) bond motifs is 4. The van der Waals surface area contributed by atoms with Crippen molar-refractivity contribution in [1.82, 2.24) is 9.97 Å². The predicted octanol–water partition coefficient (Wildman–Crippen LogP) is 8.20. The normalized spacial score (nSPS) is 22.9. The van der Waals surface area contributed by atoms with Gasteiger partial charge in [0.2, 0.25) is 5.88 Å². The molecule has 0 radical (unpaired) electrons. The first-order chi connectivity index (χ1) is 18.9. The van der Waals surface area contributed by atoms with Crippen LogP contribution in [0, 0.1) is 5.92 Å². The molecule has 4 aliphatic carbocycles. The van der Waals surface area contributed by atoms with Crippen molar-refractivity contribution in [3.05, 3.63) is 125 Å². The summed E-state index contributed by atoms with van der Waals surface area (Å²) in [6, 6.07) is 19.3. The smallest absolute Gasteiger partial charge is 0.214 e. The lowest BCUT2D eigenvalue weighted by Crippen LogP contribution is -2.28. The molecular weight excluding hydrogens is 480 g/mol. The maximum atomic E-state index is 10.7. The molecule has 2 unspecified atom stereocenters. The highest BCUT2D eigenvalue weighted by molar-refractivity contribution is 5.86. The zero-order valence-corrected chi connectivity index (χ0v) is 22.4. The Kier molecular flexibility index (Phi) is 5.48. The fourth-order valence-corrected chi connectivity index (χ4v) is 7.04. The largest absolute Gasteiger partial charge is 0.508 e. The van der Waals surface area contributed by atoms with E-state index in [4.69, 9.17) is 4.98 Å². The van der Waals surface area contributed by atoms with Crippen molar-refractivity contribution in [2.75, 3.05) is 0 Å². The average Bonchev–Trinajstić information content (AvgIpc) is 3.19. The van der Waals surface area contributed by atoms with Crippen molar-refractivity contribution in [2.24, 2.45) is 5.92 Å². The molecule has 0 saturated heterocycles. The average molecular weight is 513 g/mol. The van der Waals surface area contributed by atoms with Crippen LogP contribution in [-0.4, -0.2) is 20.2 Å². The molecule has 4 heteroatoms. The minimum absolute atomic E-state index is 0.0729. The molecule has 4 aliphatic rings. The van der Waals surface area contributed by atoms with E-state index in [1.54, 1.807) is 12.1 Å². The van der Waals surface area contributed by atoms with Crippen LogP contribution >= 0.6 is 0 Å². The number of aliphatic hydroxyl groups excluding tert-OH is 1. The summed E-state index contributed by atoms with van der Waals surface area (Å²) in [4.78, 5) is 9.23. The highest BCUT2D eigenvalue weighted by Crippen LogP contribution is 2.60. The summed E-state index contributed by atoms with van der Waals surface area (Å²) in [5, 5.41) is 21.2. The van der Waals surface area contributed by atoms with E-state index in [1.165, 1.54) is 33.4 Å². The molecule has 194 valence electrons. The molecule has 39 heavy (non-hydrogen) atoms. The van der Waals surface area contributed by atoms with Gasteiger partial charge in [-0.15, -0.1) is 0 Å². The highest BCUT2D eigenvalue weighted by atomic mass is 16.3. The second kappa shape index (κ2) is 8.94. The van der Waals surface area contributed by atoms with Crippen LogP contribution in [0.3, 0.4) is 0 Å². The molecule has 1 heterocycles. The lowest BCUT2D eigenvalue weighted by Gasteiger charge is -2.37. The van der Waals surface area contributed by atoms with E-state index in [-0.39, 0.29) is 23.0 Å². The standard InChI is InChI=1S/C35H32N2O2/c1-35(2)28-18-22(21-10-4-3-5-11-21)16-17-25(28)33-24-13-7-6-12-23(24)27(19-29(33)35)30-20-32(39)37-34(36-30)26-14-8-9-15-31(26)38/h3-6,9-12,15-20,29,33,38H,7-8,13-14H2,1-2H3,(H,36,37,39). The number of aromatic nitrogens is 2. The van der Waals surface area contributed by atoms with Crippen molar-refractivity contribution in [3.8, 4) is 17.0 Å². The SMILES string of the molecule is CC1(C)c2cc(-c3ccccc3)ccc2C2C3=C(C=CCC3)C(c3cc(O)nc(C4=C(O)C=CCC4)n3)=CC21. The molecular formula is C35H32N2O2. The summed E-state index contributed by atoms with van der Waals surface area (Å²) in [5.74, 6) is 1.10. The predicted molar refractivity (Wildman–Crippen MR) is 156 cm³/mol. The van der Waals surface area contributed by atoms with E-state index in [2.05, 4.69) is 85.6 Å². The van der Waals surface area contributed by atoms with Gasteiger partial charge < -0.3 is 10.2 Å². The van der Waals surface area contributed by atoms with Crippen molar-refractivity contribution in [1.29, 1.82) is 0 Å². The minimum Gasteiger partial charge on any atom is -0.508 e. The molecule has 0 amide bonds. The zero-order chi connectivity index (χ0) is 26.7.